The van der Waals surface area contributed by atoms with E-state index in [0.717, 1.165) is 12.5 Å². The van der Waals surface area contributed by atoms with Crippen LogP contribution < -0.4 is 0 Å². The molecule has 0 fully saturated rings. The average molecular weight is 366 g/mol. The van der Waals surface area contributed by atoms with E-state index in [1.807, 2.05) is 0 Å². The van der Waals surface area contributed by atoms with Gasteiger partial charge in [-0.05, 0) is 0 Å². The van der Waals surface area contributed by atoms with Crippen LogP contribution in [0.5, 0.6) is 0 Å². The van der Waals surface area contributed by atoms with Gasteiger partial charge in [-0.2, -0.15) is 16.8 Å². The van der Waals surface area contributed by atoms with Gasteiger partial charge in [-0.25, -0.2) is 0 Å². The minimum Gasteiger partial charge on any atom is -0.388 e. The van der Waals surface area contributed by atoms with Gasteiger partial charge in [0, 0.05) is 14.2 Å². The summed E-state index contributed by atoms with van der Waals surface area (Å²) in [5.74, 6) is 0. The van der Waals surface area contributed by atoms with E-state index < -0.39 is 57.9 Å². The second-order valence-electron chi connectivity index (χ2n) is 4.51. The first-order valence-corrected chi connectivity index (χ1v) is 9.65. The molecule has 0 aromatic heterocycles. The summed E-state index contributed by atoms with van der Waals surface area (Å²) >= 11 is 0. The van der Waals surface area contributed by atoms with Gasteiger partial charge >= 0.3 is 0 Å². The Balaban J connectivity index is 4.83. The molecule has 0 heterocycles. The van der Waals surface area contributed by atoms with Crippen LogP contribution in [-0.2, 0) is 38.1 Å². The molecule has 0 spiro atoms. The topological polar surface area (TPSA) is 146 Å². The Hall–Kier alpha value is -0.340. The lowest BCUT2D eigenvalue weighted by atomic mass is 10.0. The van der Waals surface area contributed by atoms with Gasteiger partial charge in [0.15, 0.2) is 0 Å². The van der Waals surface area contributed by atoms with Gasteiger partial charge in [-0.3, -0.25) is 8.37 Å². The Kier molecular flexibility index (Phi) is 8.94. The van der Waals surface area contributed by atoms with Crippen molar-refractivity contribution in [2.45, 2.75) is 24.4 Å². The third kappa shape index (κ3) is 8.95. The molecule has 0 aliphatic heterocycles. The molecule has 10 nitrogen and oxygen atoms in total. The highest BCUT2D eigenvalue weighted by molar-refractivity contribution is 7.86. The highest BCUT2D eigenvalue weighted by Gasteiger charge is 2.35. The van der Waals surface area contributed by atoms with Crippen molar-refractivity contribution in [1.29, 1.82) is 0 Å². The highest BCUT2D eigenvalue weighted by Crippen LogP contribution is 2.14. The van der Waals surface area contributed by atoms with Crippen LogP contribution in [0.25, 0.3) is 0 Å². The molecule has 12 heteroatoms. The second-order valence-corrected chi connectivity index (χ2v) is 7.80. The molecule has 2 N–H and O–H groups in total. The molecule has 0 rings (SSSR count). The van der Waals surface area contributed by atoms with Crippen molar-refractivity contribution in [1.82, 2.24) is 0 Å². The van der Waals surface area contributed by atoms with E-state index in [1.165, 1.54) is 14.2 Å². The van der Waals surface area contributed by atoms with Gasteiger partial charge in [-0.1, -0.05) is 0 Å². The number of aliphatic hydroxyl groups excluding tert-OH is 2. The van der Waals surface area contributed by atoms with Crippen LogP contribution in [0.15, 0.2) is 0 Å². The highest BCUT2D eigenvalue weighted by atomic mass is 32.2. The van der Waals surface area contributed by atoms with Crippen LogP contribution >= 0.6 is 0 Å². The van der Waals surface area contributed by atoms with E-state index in [0.29, 0.717) is 0 Å². The summed E-state index contributed by atoms with van der Waals surface area (Å²) in [6.07, 6.45) is -3.63. The lowest BCUT2D eigenvalue weighted by Gasteiger charge is -2.31. The normalized spacial score (nSPS) is 18.6. The van der Waals surface area contributed by atoms with Gasteiger partial charge in [0.1, 0.15) is 24.4 Å². The lowest BCUT2D eigenvalue weighted by Crippen LogP contribution is -2.50. The summed E-state index contributed by atoms with van der Waals surface area (Å²) in [4.78, 5) is 0. The maximum atomic E-state index is 10.9. The summed E-state index contributed by atoms with van der Waals surface area (Å²) in [6, 6.07) is 0. The summed E-state index contributed by atoms with van der Waals surface area (Å²) < 4.78 is 62.4. The fourth-order valence-electron chi connectivity index (χ4n) is 1.60. The Labute approximate surface area is 130 Å². The van der Waals surface area contributed by atoms with Crippen molar-refractivity contribution in [2.24, 2.45) is 0 Å². The molecule has 0 aromatic rings. The summed E-state index contributed by atoms with van der Waals surface area (Å²) in [7, 11) is -5.13. The molecular formula is C10H22O10S2. The molecule has 22 heavy (non-hydrogen) atoms. The molecule has 4 atom stereocenters. The Morgan fingerprint density at radius 1 is 0.773 bits per heavy atom. The van der Waals surface area contributed by atoms with Crippen LogP contribution in [0, 0.1) is 0 Å². The first-order valence-electron chi connectivity index (χ1n) is 6.01. The van der Waals surface area contributed by atoms with Crippen molar-refractivity contribution in [3.05, 3.63) is 0 Å². The third-order valence-electron chi connectivity index (χ3n) is 2.53. The molecule has 0 bridgehead atoms. The molecule has 0 unspecified atom stereocenters. The van der Waals surface area contributed by atoms with E-state index in [2.05, 4.69) is 8.37 Å². The molecule has 0 saturated heterocycles. The van der Waals surface area contributed by atoms with Crippen molar-refractivity contribution < 1.29 is 44.9 Å². The molecule has 0 aliphatic rings. The lowest BCUT2D eigenvalue weighted by molar-refractivity contribution is -0.145. The molecule has 0 amide bonds. The molecule has 0 aliphatic carbocycles. The fourth-order valence-corrected chi connectivity index (χ4v) is 2.37. The Bertz CT molecular complexity index is 466. The zero-order valence-corrected chi connectivity index (χ0v) is 14.3. The largest absolute Gasteiger partial charge is 0.388 e. The van der Waals surface area contributed by atoms with Crippen LogP contribution in [0.1, 0.15) is 0 Å². The van der Waals surface area contributed by atoms with E-state index in [4.69, 9.17) is 9.47 Å². The minimum atomic E-state index is -3.77. The summed E-state index contributed by atoms with van der Waals surface area (Å²) in [5.41, 5.74) is 0. The van der Waals surface area contributed by atoms with Crippen molar-refractivity contribution in [2.75, 3.05) is 39.9 Å². The predicted octanol–water partition coefficient (Wildman–Crippen LogP) is -2.31. The van der Waals surface area contributed by atoms with E-state index in [-0.39, 0.29) is 0 Å². The van der Waals surface area contributed by atoms with E-state index in [9.17, 15) is 27.0 Å². The smallest absolute Gasteiger partial charge is 0.264 e. The molecule has 0 saturated carbocycles. The van der Waals surface area contributed by atoms with Gasteiger partial charge in [0.2, 0.25) is 0 Å². The standard InChI is InChI=1S/C10H22O10S2/c1-17-9(7(11)5-19-21(3,13)14)10(18-2)8(12)6-20-22(4,15)16/h7-12H,5-6H2,1-4H3/t7-,8-,9-,10-/m1/s1. The average Bonchev–Trinajstić information content (AvgIpc) is 2.37. The number of ether oxygens (including phenoxy) is 2. The van der Waals surface area contributed by atoms with Crippen molar-refractivity contribution >= 4 is 20.2 Å². The van der Waals surface area contributed by atoms with Crippen LogP contribution in [0.3, 0.4) is 0 Å². The zero-order valence-electron chi connectivity index (χ0n) is 12.7. The first kappa shape index (κ1) is 21.7. The van der Waals surface area contributed by atoms with E-state index in [1.54, 1.807) is 0 Å². The second kappa shape index (κ2) is 9.08. The Morgan fingerprint density at radius 3 is 1.23 bits per heavy atom. The molecule has 134 valence electrons. The Morgan fingerprint density at radius 2 is 1.05 bits per heavy atom. The SMILES string of the molecule is CO[C@@H]([C@H](OC)[C@H](O)COS(C)(=O)=O)[C@H](O)COS(C)(=O)=O. The predicted molar refractivity (Wildman–Crippen MR) is 75.2 cm³/mol. The third-order valence-corrected chi connectivity index (χ3v) is 3.66. The van der Waals surface area contributed by atoms with Crippen LogP contribution in [0.4, 0.5) is 0 Å². The maximum absolute atomic E-state index is 10.9. The van der Waals surface area contributed by atoms with Gasteiger partial charge in [0.25, 0.3) is 20.2 Å². The number of hydrogen-bond donors (Lipinski definition) is 2. The summed E-state index contributed by atoms with van der Waals surface area (Å²) in [5, 5.41) is 19.8. The van der Waals surface area contributed by atoms with Gasteiger partial charge in [0.05, 0.1) is 25.7 Å². The quantitative estimate of drug-likeness (QED) is 0.382. The molecule has 0 aromatic carbocycles. The first-order chi connectivity index (χ1) is 9.91. The van der Waals surface area contributed by atoms with Crippen LogP contribution in [-0.4, -0.2) is 91.4 Å². The zero-order chi connectivity index (χ0) is 17.6. The van der Waals surface area contributed by atoms with Crippen molar-refractivity contribution in [3.63, 3.8) is 0 Å². The minimum absolute atomic E-state index is 0.614. The van der Waals surface area contributed by atoms with Gasteiger partial charge in [-0.15, -0.1) is 0 Å². The van der Waals surface area contributed by atoms with Gasteiger partial charge < -0.3 is 19.7 Å². The van der Waals surface area contributed by atoms with Crippen molar-refractivity contribution in [3.8, 4) is 0 Å². The maximum Gasteiger partial charge on any atom is 0.264 e. The number of rotatable bonds is 11. The monoisotopic (exact) mass is 366 g/mol. The fraction of sp³-hybridized carbons (Fsp3) is 1.00. The molecule has 0 radical (unpaired) electrons. The van der Waals surface area contributed by atoms with Crippen LogP contribution in [0.2, 0.25) is 0 Å². The number of hydrogen-bond acceptors (Lipinski definition) is 10. The van der Waals surface area contributed by atoms with E-state index >= 15 is 0 Å². The number of methoxy groups -OCH3 is 2. The molecular weight excluding hydrogens is 344 g/mol. The summed E-state index contributed by atoms with van der Waals surface area (Å²) in [6.45, 7) is -1.23. The number of aliphatic hydroxyl groups is 2.